The fraction of sp³-hybridized carbons (Fsp3) is 0.600. The maximum atomic E-state index is 13.8. The van der Waals surface area contributed by atoms with Crippen molar-refractivity contribution in [3.63, 3.8) is 0 Å². The SMILES string of the molecule is Cc1ccc(F)c(C(O)CCC2CCCC2)c1F. The normalized spacial score (nSPS) is 18.2. The lowest BCUT2D eigenvalue weighted by Crippen LogP contribution is -2.07. The molecule has 0 heterocycles. The quantitative estimate of drug-likeness (QED) is 0.850. The molecule has 18 heavy (non-hydrogen) atoms. The predicted octanol–water partition coefficient (Wildman–Crippen LogP) is 4.28. The summed E-state index contributed by atoms with van der Waals surface area (Å²) in [5, 5.41) is 9.99. The molecule has 1 aliphatic carbocycles. The Labute approximate surface area is 107 Å². The van der Waals surface area contributed by atoms with Crippen molar-refractivity contribution in [2.24, 2.45) is 5.92 Å². The third-order valence-electron chi connectivity index (χ3n) is 3.98. The van der Waals surface area contributed by atoms with Crippen LogP contribution in [0.1, 0.15) is 55.8 Å². The number of rotatable bonds is 4. The molecular formula is C15H20F2O. The highest BCUT2D eigenvalue weighted by atomic mass is 19.1. The van der Waals surface area contributed by atoms with Crippen LogP contribution >= 0.6 is 0 Å². The van der Waals surface area contributed by atoms with Crippen molar-refractivity contribution in [1.29, 1.82) is 0 Å². The van der Waals surface area contributed by atoms with Crippen LogP contribution in [0.25, 0.3) is 0 Å². The highest BCUT2D eigenvalue weighted by Gasteiger charge is 2.22. The van der Waals surface area contributed by atoms with Crippen LogP contribution in [0.4, 0.5) is 8.78 Å². The topological polar surface area (TPSA) is 20.2 Å². The van der Waals surface area contributed by atoms with Gasteiger partial charge in [-0.25, -0.2) is 8.78 Å². The standard InChI is InChI=1S/C15H20F2O/c1-10-6-8-12(16)14(15(10)17)13(18)9-7-11-4-2-3-5-11/h6,8,11,13,18H,2-5,7,9H2,1H3. The first-order valence-electron chi connectivity index (χ1n) is 6.72. The molecule has 3 heteroatoms. The summed E-state index contributed by atoms with van der Waals surface area (Å²) in [6.07, 6.45) is 5.14. The zero-order valence-electron chi connectivity index (χ0n) is 10.8. The molecule has 0 bridgehead atoms. The van der Waals surface area contributed by atoms with Crippen molar-refractivity contribution in [3.8, 4) is 0 Å². The summed E-state index contributed by atoms with van der Waals surface area (Å²) >= 11 is 0. The van der Waals surface area contributed by atoms with Crippen molar-refractivity contribution >= 4 is 0 Å². The Morgan fingerprint density at radius 2 is 1.94 bits per heavy atom. The Kier molecular flexibility index (Phi) is 4.33. The van der Waals surface area contributed by atoms with E-state index in [1.54, 1.807) is 6.92 Å². The Hall–Kier alpha value is -0.960. The van der Waals surface area contributed by atoms with E-state index in [2.05, 4.69) is 0 Å². The summed E-state index contributed by atoms with van der Waals surface area (Å²) in [5.41, 5.74) is 0.222. The molecule has 1 N–H and O–H groups in total. The second-order valence-corrected chi connectivity index (χ2v) is 5.34. The lowest BCUT2D eigenvalue weighted by molar-refractivity contribution is 0.148. The molecule has 0 radical (unpaired) electrons. The minimum absolute atomic E-state index is 0.159. The predicted molar refractivity (Wildman–Crippen MR) is 67.2 cm³/mol. The summed E-state index contributed by atoms with van der Waals surface area (Å²) in [4.78, 5) is 0. The van der Waals surface area contributed by atoms with Gasteiger partial charge in [0.25, 0.3) is 0 Å². The largest absolute Gasteiger partial charge is 0.388 e. The minimum Gasteiger partial charge on any atom is -0.388 e. The van der Waals surface area contributed by atoms with Crippen LogP contribution in [0.2, 0.25) is 0 Å². The average Bonchev–Trinajstić information content (AvgIpc) is 2.85. The maximum Gasteiger partial charge on any atom is 0.134 e. The molecule has 0 saturated heterocycles. The summed E-state index contributed by atoms with van der Waals surface area (Å²) in [7, 11) is 0. The summed E-state index contributed by atoms with van der Waals surface area (Å²) in [6.45, 7) is 1.59. The molecule has 0 aromatic heterocycles. The van der Waals surface area contributed by atoms with Crippen molar-refractivity contribution < 1.29 is 13.9 Å². The first-order valence-corrected chi connectivity index (χ1v) is 6.72. The van der Waals surface area contributed by atoms with Gasteiger partial charge in [-0.3, -0.25) is 0 Å². The number of benzene rings is 1. The lowest BCUT2D eigenvalue weighted by atomic mass is 9.95. The Balaban J connectivity index is 2.03. The van der Waals surface area contributed by atoms with Gasteiger partial charge in [0.2, 0.25) is 0 Å². The minimum atomic E-state index is -1.02. The fourth-order valence-electron chi connectivity index (χ4n) is 2.82. The lowest BCUT2D eigenvalue weighted by Gasteiger charge is -2.16. The Morgan fingerprint density at radius 1 is 1.28 bits per heavy atom. The van der Waals surface area contributed by atoms with E-state index in [1.165, 1.54) is 37.8 Å². The molecule has 1 nitrogen and oxygen atoms in total. The van der Waals surface area contributed by atoms with Gasteiger partial charge in [0.1, 0.15) is 11.6 Å². The fourth-order valence-corrected chi connectivity index (χ4v) is 2.82. The van der Waals surface area contributed by atoms with E-state index in [0.29, 0.717) is 17.9 Å². The van der Waals surface area contributed by atoms with Crippen LogP contribution < -0.4 is 0 Å². The number of halogens is 2. The van der Waals surface area contributed by atoms with Crippen molar-refractivity contribution in [2.75, 3.05) is 0 Å². The number of aliphatic hydroxyl groups is 1. The monoisotopic (exact) mass is 254 g/mol. The average molecular weight is 254 g/mol. The number of hydrogen-bond donors (Lipinski definition) is 1. The van der Waals surface area contributed by atoms with E-state index in [9.17, 15) is 13.9 Å². The molecule has 1 unspecified atom stereocenters. The second-order valence-electron chi connectivity index (χ2n) is 5.34. The number of aryl methyl sites for hydroxylation is 1. The molecule has 1 fully saturated rings. The Morgan fingerprint density at radius 3 is 2.61 bits per heavy atom. The smallest absolute Gasteiger partial charge is 0.134 e. The third-order valence-corrected chi connectivity index (χ3v) is 3.98. The first kappa shape index (κ1) is 13.5. The zero-order chi connectivity index (χ0) is 13.1. The zero-order valence-corrected chi connectivity index (χ0v) is 10.8. The van der Waals surface area contributed by atoms with Crippen molar-refractivity contribution in [1.82, 2.24) is 0 Å². The highest BCUT2D eigenvalue weighted by molar-refractivity contribution is 5.28. The summed E-state index contributed by atoms with van der Waals surface area (Å²) < 4.78 is 27.4. The first-order chi connectivity index (χ1) is 8.59. The van der Waals surface area contributed by atoms with Crippen LogP contribution in [0.15, 0.2) is 12.1 Å². The number of aliphatic hydroxyl groups excluding tert-OH is 1. The van der Waals surface area contributed by atoms with E-state index in [-0.39, 0.29) is 5.56 Å². The molecule has 0 spiro atoms. The molecule has 1 aromatic carbocycles. The summed E-state index contributed by atoms with van der Waals surface area (Å²) in [6, 6.07) is 2.63. The molecule has 0 aliphatic heterocycles. The highest BCUT2D eigenvalue weighted by Crippen LogP contribution is 2.33. The van der Waals surface area contributed by atoms with Crippen LogP contribution in [0, 0.1) is 24.5 Å². The van der Waals surface area contributed by atoms with E-state index in [1.807, 2.05) is 0 Å². The number of hydrogen-bond acceptors (Lipinski definition) is 1. The molecule has 0 amide bonds. The van der Waals surface area contributed by atoms with Gasteiger partial charge in [-0.15, -0.1) is 0 Å². The second kappa shape index (κ2) is 5.79. The van der Waals surface area contributed by atoms with Crippen LogP contribution in [-0.4, -0.2) is 5.11 Å². The van der Waals surface area contributed by atoms with Crippen molar-refractivity contribution in [2.45, 2.75) is 51.6 Å². The van der Waals surface area contributed by atoms with Crippen LogP contribution in [0.5, 0.6) is 0 Å². The molecule has 1 saturated carbocycles. The van der Waals surface area contributed by atoms with Gasteiger partial charge in [-0.2, -0.15) is 0 Å². The van der Waals surface area contributed by atoms with E-state index >= 15 is 0 Å². The van der Waals surface area contributed by atoms with E-state index < -0.39 is 17.7 Å². The van der Waals surface area contributed by atoms with Gasteiger partial charge in [-0.1, -0.05) is 31.7 Å². The van der Waals surface area contributed by atoms with E-state index in [0.717, 1.165) is 6.42 Å². The van der Waals surface area contributed by atoms with Gasteiger partial charge in [-0.05, 0) is 37.3 Å². The van der Waals surface area contributed by atoms with Gasteiger partial charge in [0, 0.05) is 0 Å². The molecule has 1 aromatic rings. The van der Waals surface area contributed by atoms with Gasteiger partial charge >= 0.3 is 0 Å². The summed E-state index contributed by atoms with van der Waals surface area (Å²) in [5.74, 6) is -0.624. The molecule has 1 aliphatic rings. The van der Waals surface area contributed by atoms with Crippen LogP contribution in [-0.2, 0) is 0 Å². The van der Waals surface area contributed by atoms with Crippen molar-refractivity contribution in [3.05, 3.63) is 34.9 Å². The van der Waals surface area contributed by atoms with Gasteiger partial charge < -0.3 is 5.11 Å². The molecule has 1 atom stereocenters. The van der Waals surface area contributed by atoms with Crippen LogP contribution in [0.3, 0.4) is 0 Å². The molecule has 2 rings (SSSR count). The Bertz CT molecular complexity index is 411. The van der Waals surface area contributed by atoms with Gasteiger partial charge in [0.15, 0.2) is 0 Å². The maximum absolute atomic E-state index is 13.8. The van der Waals surface area contributed by atoms with Gasteiger partial charge in [0.05, 0.1) is 11.7 Å². The third kappa shape index (κ3) is 2.89. The molecule has 100 valence electrons. The van der Waals surface area contributed by atoms with E-state index in [4.69, 9.17) is 0 Å². The molecular weight excluding hydrogens is 234 g/mol.